The largest absolute Gasteiger partial charge is 0.244 e. The molecule has 16 heavy (non-hydrogen) atoms. The molecule has 0 bridgehead atoms. The van der Waals surface area contributed by atoms with Gasteiger partial charge in [-0.3, -0.25) is 0 Å². The number of rotatable bonds is 0. The van der Waals surface area contributed by atoms with E-state index in [1.807, 2.05) is 36.4 Å². The van der Waals surface area contributed by atoms with Crippen molar-refractivity contribution in [1.82, 2.24) is 9.97 Å². The van der Waals surface area contributed by atoms with Gasteiger partial charge in [0.25, 0.3) is 0 Å². The van der Waals surface area contributed by atoms with Gasteiger partial charge in [0.2, 0.25) is 0 Å². The van der Waals surface area contributed by atoms with Gasteiger partial charge < -0.3 is 0 Å². The van der Waals surface area contributed by atoms with Crippen LogP contribution in [0.25, 0.3) is 35.2 Å². The number of benzene rings is 2. The number of para-hydroxylation sites is 2. The lowest BCUT2D eigenvalue weighted by Crippen LogP contribution is -2.22. The second-order valence-corrected chi connectivity index (χ2v) is 3.78. The van der Waals surface area contributed by atoms with Crippen molar-refractivity contribution in [3.63, 3.8) is 0 Å². The number of aromatic nitrogens is 2. The zero-order chi connectivity index (χ0) is 11.1. The molecule has 3 rings (SSSR count). The summed E-state index contributed by atoms with van der Waals surface area (Å²) in [6, 6.07) is 11.7. The Labute approximate surface area is 92.6 Å². The molecule has 0 aliphatic rings. The summed E-state index contributed by atoms with van der Waals surface area (Å²) in [6.07, 6.45) is 0. The van der Waals surface area contributed by atoms with E-state index in [0.717, 1.165) is 32.5 Å². The van der Waals surface area contributed by atoms with Crippen LogP contribution >= 0.6 is 0 Å². The van der Waals surface area contributed by atoms with Gasteiger partial charge in [-0.25, -0.2) is 9.97 Å². The van der Waals surface area contributed by atoms with Crippen molar-refractivity contribution in [1.29, 1.82) is 0 Å². The van der Waals surface area contributed by atoms with E-state index < -0.39 is 0 Å². The third-order valence-corrected chi connectivity index (χ3v) is 2.71. The third kappa shape index (κ3) is 1.20. The summed E-state index contributed by atoms with van der Waals surface area (Å²) in [5, 5.41) is 1.76. The maximum atomic E-state index is 4.57. The van der Waals surface area contributed by atoms with Gasteiger partial charge in [0.15, 0.2) is 0 Å². The molecule has 0 fully saturated rings. The smallest absolute Gasteiger partial charge is 0.0966 e. The van der Waals surface area contributed by atoms with E-state index in [2.05, 4.69) is 23.1 Å². The lowest BCUT2D eigenvalue weighted by molar-refractivity contribution is 1.37. The van der Waals surface area contributed by atoms with Crippen LogP contribution in [0.5, 0.6) is 0 Å². The van der Waals surface area contributed by atoms with E-state index in [4.69, 9.17) is 0 Å². The van der Waals surface area contributed by atoms with Gasteiger partial charge in [-0.2, -0.15) is 0 Å². The minimum atomic E-state index is 0.839. The summed E-state index contributed by atoms with van der Waals surface area (Å²) in [6.45, 7) is 7.91. The summed E-state index contributed by atoms with van der Waals surface area (Å²) in [4.78, 5) is 9.12. The van der Waals surface area contributed by atoms with E-state index in [-0.39, 0.29) is 0 Å². The number of hydrogen-bond donors (Lipinski definition) is 0. The lowest BCUT2D eigenvalue weighted by atomic mass is 10.2. The Morgan fingerprint density at radius 1 is 0.750 bits per heavy atom. The number of fused-ring (bicyclic) bond motifs is 2. The summed E-state index contributed by atoms with van der Waals surface area (Å²) in [7, 11) is 0. The number of nitrogens with zero attached hydrogens (tertiary/aromatic N) is 2. The van der Waals surface area contributed by atoms with Crippen molar-refractivity contribution in [2.75, 3.05) is 0 Å². The molecule has 1 heterocycles. The van der Waals surface area contributed by atoms with Gasteiger partial charge >= 0.3 is 0 Å². The van der Waals surface area contributed by atoms with Gasteiger partial charge in [-0.1, -0.05) is 31.4 Å². The van der Waals surface area contributed by atoms with E-state index in [1.165, 1.54) is 0 Å². The predicted molar refractivity (Wildman–Crippen MR) is 67.3 cm³/mol. The molecule has 0 saturated carbocycles. The fraction of sp³-hybridized carbons (Fsp3) is 0. The average Bonchev–Trinajstić information content (AvgIpc) is 2.32. The first-order chi connectivity index (χ1) is 7.75. The lowest BCUT2D eigenvalue weighted by Gasteiger charge is -2.00. The summed E-state index contributed by atoms with van der Waals surface area (Å²) >= 11 is 0. The first-order valence-electron chi connectivity index (χ1n) is 5.09. The van der Waals surface area contributed by atoms with Gasteiger partial charge in [0.1, 0.15) is 0 Å². The summed E-state index contributed by atoms with van der Waals surface area (Å²) < 4.78 is 0. The first kappa shape index (κ1) is 9.04. The molecule has 0 aliphatic heterocycles. The maximum Gasteiger partial charge on any atom is 0.0966 e. The van der Waals surface area contributed by atoms with Gasteiger partial charge in [0, 0.05) is 5.22 Å². The number of hydrogen-bond acceptors (Lipinski definition) is 2. The maximum absolute atomic E-state index is 4.57. The van der Waals surface area contributed by atoms with Crippen LogP contribution in [-0.4, -0.2) is 9.97 Å². The molecule has 0 saturated heterocycles. The quantitative estimate of drug-likeness (QED) is 0.522. The highest BCUT2D eigenvalue weighted by atomic mass is 14.8. The predicted octanol–water partition coefficient (Wildman–Crippen LogP) is 1.60. The third-order valence-electron chi connectivity index (χ3n) is 2.71. The molecule has 2 heteroatoms. The van der Waals surface area contributed by atoms with Crippen LogP contribution in [0.2, 0.25) is 0 Å². The fourth-order valence-electron chi connectivity index (χ4n) is 1.78. The molecule has 0 unspecified atom stereocenters. The van der Waals surface area contributed by atoms with Gasteiger partial charge in [-0.15, -0.1) is 0 Å². The van der Waals surface area contributed by atoms with Crippen molar-refractivity contribution in [2.45, 2.75) is 0 Å². The monoisotopic (exact) mass is 206 g/mol. The SMILES string of the molecule is C=c1ccc2nc3ccccc3nc2c1=C. The standard InChI is InChI=1S/C14H10N2/c1-9-7-8-13-14(10(9)2)16-12-6-4-3-5-11(12)15-13/h3-8H,1-2H2. The van der Waals surface area contributed by atoms with Crippen LogP contribution in [0.3, 0.4) is 0 Å². The van der Waals surface area contributed by atoms with Crippen molar-refractivity contribution in [3.8, 4) is 0 Å². The molecular formula is C14H10N2. The molecule has 2 aromatic carbocycles. The second kappa shape index (κ2) is 3.14. The highest BCUT2D eigenvalue weighted by molar-refractivity contribution is 5.86. The van der Waals surface area contributed by atoms with Crippen LogP contribution < -0.4 is 10.4 Å². The second-order valence-electron chi connectivity index (χ2n) is 3.78. The first-order valence-corrected chi connectivity index (χ1v) is 5.09. The molecule has 0 amide bonds. The topological polar surface area (TPSA) is 25.8 Å². The van der Waals surface area contributed by atoms with Crippen molar-refractivity contribution in [3.05, 3.63) is 46.8 Å². The molecule has 0 radical (unpaired) electrons. The van der Waals surface area contributed by atoms with Gasteiger partial charge in [-0.05, 0) is 23.4 Å². The minimum Gasteiger partial charge on any atom is -0.244 e. The van der Waals surface area contributed by atoms with E-state index in [9.17, 15) is 0 Å². The minimum absolute atomic E-state index is 0.839. The highest BCUT2D eigenvalue weighted by Gasteiger charge is 2.01. The molecule has 3 aromatic rings. The zero-order valence-electron chi connectivity index (χ0n) is 8.77. The molecule has 1 aromatic heterocycles. The molecule has 0 spiro atoms. The van der Waals surface area contributed by atoms with Crippen LogP contribution in [0.4, 0.5) is 0 Å². The zero-order valence-corrected chi connectivity index (χ0v) is 8.77. The molecular weight excluding hydrogens is 196 g/mol. The molecule has 0 atom stereocenters. The van der Waals surface area contributed by atoms with Crippen LogP contribution in [-0.2, 0) is 0 Å². The Morgan fingerprint density at radius 3 is 2.19 bits per heavy atom. The Hall–Kier alpha value is -2.22. The Bertz CT molecular complexity index is 791. The Morgan fingerprint density at radius 2 is 1.44 bits per heavy atom. The van der Waals surface area contributed by atoms with Gasteiger partial charge in [0.05, 0.1) is 22.1 Å². The van der Waals surface area contributed by atoms with E-state index in [1.54, 1.807) is 0 Å². The average molecular weight is 206 g/mol. The Balaban J connectivity index is 2.62. The van der Waals surface area contributed by atoms with E-state index in [0.29, 0.717) is 0 Å². The van der Waals surface area contributed by atoms with Crippen molar-refractivity contribution < 1.29 is 0 Å². The highest BCUT2D eigenvalue weighted by Crippen LogP contribution is 2.11. The van der Waals surface area contributed by atoms with Crippen LogP contribution in [0, 0.1) is 0 Å². The normalized spacial score (nSPS) is 11.0. The molecule has 0 N–H and O–H groups in total. The molecule has 76 valence electrons. The van der Waals surface area contributed by atoms with Crippen LogP contribution in [0.15, 0.2) is 36.4 Å². The fourth-order valence-corrected chi connectivity index (χ4v) is 1.78. The van der Waals surface area contributed by atoms with E-state index >= 15 is 0 Å². The molecule has 0 aliphatic carbocycles. The summed E-state index contributed by atoms with van der Waals surface area (Å²) in [5.41, 5.74) is 3.51. The summed E-state index contributed by atoms with van der Waals surface area (Å²) in [5.74, 6) is 0. The van der Waals surface area contributed by atoms with Crippen molar-refractivity contribution in [2.24, 2.45) is 0 Å². The molecule has 2 nitrogen and oxygen atoms in total. The Kier molecular flexibility index (Phi) is 1.77. The van der Waals surface area contributed by atoms with Crippen molar-refractivity contribution >= 4 is 35.2 Å². The van der Waals surface area contributed by atoms with Crippen LogP contribution in [0.1, 0.15) is 0 Å².